The minimum atomic E-state index is -0.643. The van der Waals surface area contributed by atoms with Crippen molar-refractivity contribution in [1.29, 1.82) is 0 Å². The third-order valence-electron chi connectivity index (χ3n) is 1.75. The van der Waals surface area contributed by atoms with Gasteiger partial charge in [0, 0.05) is 0 Å². The summed E-state index contributed by atoms with van der Waals surface area (Å²) < 4.78 is 0. The van der Waals surface area contributed by atoms with Gasteiger partial charge in [-0.05, 0) is 12.8 Å². The molecule has 0 aliphatic rings. The van der Waals surface area contributed by atoms with Crippen molar-refractivity contribution in [2.45, 2.75) is 39.5 Å². The summed E-state index contributed by atoms with van der Waals surface area (Å²) >= 11 is 0. The van der Waals surface area contributed by atoms with Crippen LogP contribution in [0.1, 0.15) is 39.5 Å². The number of carboxylic acid groups (broad SMARTS) is 1. The first-order chi connectivity index (χ1) is 4.72. The van der Waals surface area contributed by atoms with E-state index in [9.17, 15) is 4.79 Å². The summed E-state index contributed by atoms with van der Waals surface area (Å²) in [6.07, 6.45) is 3.71. The van der Waals surface area contributed by atoms with E-state index in [1.807, 2.05) is 6.92 Å². The zero-order valence-corrected chi connectivity index (χ0v) is 6.76. The van der Waals surface area contributed by atoms with Crippen LogP contribution in [0.3, 0.4) is 0 Å². The molecular weight excluding hydrogens is 152 g/mol. The van der Waals surface area contributed by atoms with Gasteiger partial charge in [-0.1, -0.05) is 26.7 Å². The molecule has 64 valence electrons. The van der Waals surface area contributed by atoms with Crippen LogP contribution in [0.2, 0.25) is 0 Å². The molecule has 0 heterocycles. The molecule has 0 rings (SSSR count). The zero-order chi connectivity index (χ0) is 7.98. The summed E-state index contributed by atoms with van der Waals surface area (Å²) in [5.41, 5.74) is 0. The van der Waals surface area contributed by atoms with Gasteiger partial charge in [-0.25, -0.2) is 0 Å². The molecule has 0 fully saturated rings. The van der Waals surface area contributed by atoms with Crippen molar-refractivity contribution in [2.75, 3.05) is 0 Å². The van der Waals surface area contributed by atoms with Crippen molar-refractivity contribution in [1.82, 2.24) is 0 Å². The molecular formula is C8H18MgO2. The molecule has 1 atom stereocenters. The Labute approximate surface area is 84.5 Å². The van der Waals surface area contributed by atoms with E-state index in [4.69, 9.17) is 5.11 Å². The third kappa shape index (κ3) is 6.63. The van der Waals surface area contributed by atoms with Gasteiger partial charge >= 0.3 is 29.0 Å². The molecule has 0 bridgehead atoms. The lowest BCUT2D eigenvalue weighted by Crippen LogP contribution is -2.11. The lowest BCUT2D eigenvalue weighted by Gasteiger charge is -2.06. The molecule has 0 aliphatic carbocycles. The van der Waals surface area contributed by atoms with Crippen molar-refractivity contribution >= 4 is 29.0 Å². The van der Waals surface area contributed by atoms with E-state index in [0.717, 1.165) is 25.7 Å². The van der Waals surface area contributed by atoms with Gasteiger partial charge in [0.1, 0.15) is 0 Å². The van der Waals surface area contributed by atoms with Gasteiger partial charge < -0.3 is 5.11 Å². The summed E-state index contributed by atoms with van der Waals surface area (Å²) in [5.74, 6) is -0.754. The Morgan fingerprint density at radius 1 is 1.45 bits per heavy atom. The number of rotatable bonds is 5. The van der Waals surface area contributed by atoms with Gasteiger partial charge in [-0.2, -0.15) is 0 Å². The van der Waals surface area contributed by atoms with Crippen LogP contribution in [0, 0.1) is 5.92 Å². The van der Waals surface area contributed by atoms with E-state index in [2.05, 4.69) is 6.92 Å². The molecule has 3 heteroatoms. The SMILES string of the molecule is CCCCC(CC)C(=O)O.[MgH2]. The molecule has 0 aliphatic heterocycles. The van der Waals surface area contributed by atoms with Crippen LogP contribution in [0.25, 0.3) is 0 Å². The first-order valence-electron chi connectivity index (χ1n) is 3.95. The van der Waals surface area contributed by atoms with Crippen molar-refractivity contribution in [3.8, 4) is 0 Å². The minimum absolute atomic E-state index is 0. The second-order valence-corrected chi connectivity index (χ2v) is 2.59. The van der Waals surface area contributed by atoms with Gasteiger partial charge in [0.15, 0.2) is 0 Å². The van der Waals surface area contributed by atoms with Crippen LogP contribution in [0.4, 0.5) is 0 Å². The van der Waals surface area contributed by atoms with E-state index >= 15 is 0 Å². The van der Waals surface area contributed by atoms with Crippen LogP contribution >= 0.6 is 0 Å². The summed E-state index contributed by atoms with van der Waals surface area (Å²) in [5, 5.41) is 8.60. The quantitative estimate of drug-likeness (QED) is 0.633. The number of hydrogen-bond acceptors (Lipinski definition) is 1. The highest BCUT2D eigenvalue weighted by Gasteiger charge is 2.12. The van der Waals surface area contributed by atoms with E-state index in [0.29, 0.717) is 0 Å². The molecule has 0 aromatic rings. The van der Waals surface area contributed by atoms with Gasteiger partial charge in [-0.15, -0.1) is 0 Å². The van der Waals surface area contributed by atoms with Gasteiger partial charge in [0.2, 0.25) is 0 Å². The average Bonchev–Trinajstić information content (AvgIpc) is 1.89. The summed E-state index contributed by atoms with van der Waals surface area (Å²) in [7, 11) is 0. The fourth-order valence-corrected chi connectivity index (χ4v) is 0.953. The standard InChI is InChI=1S/C8H16O2.Mg.2H/c1-3-5-6-7(4-2)8(9)10;;;/h7H,3-6H2,1-2H3,(H,9,10);;;. The van der Waals surface area contributed by atoms with Crippen molar-refractivity contribution in [2.24, 2.45) is 5.92 Å². The van der Waals surface area contributed by atoms with E-state index in [1.165, 1.54) is 0 Å². The number of unbranched alkanes of at least 4 members (excludes halogenated alkanes) is 1. The van der Waals surface area contributed by atoms with Crippen molar-refractivity contribution in [3.05, 3.63) is 0 Å². The molecule has 0 amide bonds. The maximum Gasteiger partial charge on any atom is 0.316 e. The second-order valence-electron chi connectivity index (χ2n) is 2.59. The zero-order valence-electron chi connectivity index (χ0n) is 6.76. The molecule has 2 nitrogen and oxygen atoms in total. The lowest BCUT2D eigenvalue weighted by atomic mass is 10.00. The number of carboxylic acids is 1. The van der Waals surface area contributed by atoms with Gasteiger partial charge in [0.05, 0.1) is 5.92 Å². The van der Waals surface area contributed by atoms with Crippen LogP contribution in [0.5, 0.6) is 0 Å². The van der Waals surface area contributed by atoms with Crippen LogP contribution in [0.15, 0.2) is 0 Å². The summed E-state index contributed by atoms with van der Waals surface area (Å²) in [4.78, 5) is 10.4. The van der Waals surface area contributed by atoms with Gasteiger partial charge in [-0.3, -0.25) is 4.79 Å². The minimum Gasteiger partial charge on any atom is -0.481 e. The molecule has 0 radical (unpaired) electrons. The monoisotopic (exact) mass is 170 g/mol. The fourth-order valence-electron chi connectivity index (χ4n) is 0.953. The molecule has 0 aromatic heterocycles. The molecule has 0 aromatic carbocycles. The molecule has 1 N–H and O–H groups in total. The Kier molecular flexibility index (Phi) is 10.5. The highest BCUT2D eigenvalue weighted by atomic mass is 24.3. The van der Waals surface area contributed by atoms with Gasteiger partial charge in [0.25, 0.3) is 0 Å². The first-order valence-corrected chi connectivity index (χ1v) is 3.95. The van der Waals surface area contributed by atoms with E-state index < -0.39 is 5.97 Å². The first kappa shape index (κ1) is 13.8. The maximum atomic E-state index is 10.4. The Morgan fingerprint density at radius 3 is 2.27 bits per heavy atom. The Hall–Kier alpha value is 0.236. The Balaban J connectivity index is 0. The van der Waals surface area contributed by atoms with E-state index in [-0.39, 0.29) is 29.0 Å². The smallest absolute Gasteiger partial charge is 0.316 e. The lowest BCUT2D eigenvalue weighted by molar-refractivity contribution is -0.142. The largest absolute Gasteiger partial charge is 0.481 e. The molecule has 11 heavy (non-hydrogen) atoms. The predicted octanol–water partition coefficient (Wildman–Crippen LogP) is 1.37. The highest BCUT2D eigenvalue weighted by Crippen LogP contribution is 2.11. The summed E-state index contributed by atoms with van der Waals surface area (Å²) in [6.45, 7) is 4.00. The van der Waals surface area contributed by atoms with Crippen LogP contribution < -0.4 is 0 Å². The molecule has 0 saturated carbocycles. The Morgan fingerprint density at radius 2 is 2.00 bits per heavy atom. The van der Waals surface area contributed by atoms with Crippen molar-refractivity contribution < 1.29 is 9.90 Å². The molecule has 0 saturated heterocycles. The summed E-state index contributed by atoms with van der Waals surface area (Å²) in [6, 6.07) is 0. The second kappa shape index (κ2) is 8.33. The molecule has 1 unspecified atom stereocenters. The van der Waals surface area contributed by atoms with E-state index in [1.54, 1.807) is 0 Å². The topological polar surface area (TPSA) is 37.3 Å². The highest BCUT2D eigenvalue weighted by molar-refractivity contribution is 5.75. The fraction of sp³-hybridized carbons (Fsp3) is 0.875. The normalized spacial score (nSPS) is 11.8. The van der Waals surface area contributed by atoms with Crippen LogP contribution in [-0.2, 0) is 4.79 Å². The molecule has 0 spiro atoms. The average molecular weight is 171 g/mol. The number of carbonyl (C=O) groups is 1. The number of hydrogen-bond donors (Lipinski definition) is 1. The van der Waals surface area contributed by atoms with Crippen molar-refractivity contribution in [3.63, 3.8) is 0 Å². The predicted molar refractivity (Wildman–Crippen MR) is 49.5 cm³/mol. The van der Waals surface area contributed by atoms with Crippen LogP contribution in [-0.4, -0.2) is 34.1 Å². The maximum absolute atomic E-state index is 10.4. The number of aliphatic carboxylic acids is 1. The third-order valence-corrected chi connectivity index (χ3v) is 1.75. The Bertz CT molecular complexity index is 104.